The SMILES string of the molecule is N#Cc1ccsc1NS(=O)(=O)Cc1ccc(C(=O)O)cc1. The highest BCUT2D eigenvalue weighted by Gasteiger charge is 2.15. The fourth-order valence-electron chi connectivity index (χ4n) is 1.62. The zero-order chi connectivity index (χ0) is 15.5. The Labute approximate surface area is 125 Å². The van der Waals surface area contributed by atoms with Gasteiger partial charge in [-0.3, -0.25) is 4.72 Å². The number of thiophene rings is 1. The fourth-order valence-corrected chi connectivity index (χ4v) is 3.87. The summed E-state index contributed by atoms with van der Waals surface area (Å²) >= 11 is 1.13. The van der Waals surface area contributed by atoms with Crippen molar-refractivity contribution in [2.24, 2.45) is 0 Å². The van der Waals surface area contributed by atoms with E-state index in [0.29, 0.717) is 5.56 Å². The summed E-state index contributed by atoms with van der Waals surface area (Å²) in [4.78, 5) is 10.7. The molecule has 0 unspecified atom stereocenters. The van der Waals surface area contributed by atoms with Crippen LogP contribution in [-0.4, -0.2) is 19.5 Å². The molecule has 0 saturated carbocycles. The third-order valence-corrected chi connectivity index (χ3v) is 4.78. The van der Waals surface area contributed by atoms with E-state index in [4.69, 9.17) is 10.4 Å². The molecule has 0 amide bonds. The van der Waals surface area contributed by atoms with Crippen molar-refractivity contribution in [1.82, 2.24) is 0 Å². The summed E-state index contributed by atoms with van der Waals surface area (Å²) in [5.41, 5.74) is 0.821. The molecule has 1 aromatic heterocycles. The molecule has 2 aromatic rings. The van der Waals surface area contributed by atoms with E-state index in [-0.39, 0.29) is 21.9 Å². The topological polar surface area (TPSA) is 107 Å². The van der Waals surface area contributed by atoms with Gasteiger partial charge in [-0.1, -0.05) is 12.1 Å². The van der Waals surface area contributed by atoms with Gasteiger partial charge in [0.1, 0.15) is 11.1 Å². The highest BCUT2D eigenvalue weighted by Crippen LogP contribution is 2.24. The van der Waals surface area contributed by atoms with E-state index in [1.54, 1.807) is 5.38 Å². The Kier molecular flexibility index (Phi) is 4.26. The van der Waals surface area contributed by atoms with Crippen LogP contribution in [0.5, 0.6) is 0 Å². The maximum Gasteiger partial charge on any atom is 0.335 e. The van der Waals surface area contributed by atoms with Crippen LogP contribution < -0.4 is 4.72 Å². The molecule has 6 nitrogen and oxygen atoms in total. The summed E-state index contributed by atoms with van der Waals surface area (Å²) < 4.78 is 26.4. The first-order valence-electron chi connectivity index (χ1n) is 5.71. The Morgan fingerprint density at radius 3 is 2.52 bits per heavy atom. The smallest absolute Gasteiger partial charge is 0.335 e. The van der Waals surface area contributed by atoms with Crippen molar-refractivity contribution in [1.29, 1.82) is 5.26 Å². The highest BCUT2D eigenvalue weighted by atomic mass is 32.2. The standard InChI is InChI=1S/C13H10N2O4S2/c14-7-11-5-6-20-12(11)15-21(18,19)8-9-1-3-10(4-2-9)13(16)17/h1-6,15H,8H2,(H,16,17). The van der Waals surface area contributed by atoms with Crippen molar-refractivity contribution >= 4 is 32.3 Å². The normalized spacial score (nSPS) is 10.8. The second kappa shape index (κ2) is 5.95. The molecule has 1 heterocycles. The van der Waals surface area contributed by atoms with Crippen LogP contribution in [0.1, 0.15) is 21.5 Å². The number of sulfonamides is 1. The average Bonchev–Trinajstić information content (AvgIpc) is 2.85. The zero-order valence-corrected chi connectivity index (χ0v) is 12.2. The van der Waals surface area contributed by atoms with E-state index in [9.17, 15) is 13.2 Å². The number of aromatic carboxylic acids is 1. The summed E-state index contributed by atoms with van der Waals surface area (Å²) in [7, 11) is -3.66. The lowest BCUT2D eigenvalue weighted by Crippen LogP contribution is -2.15. The first-order valence-corrected chi connectivity index (χ1v) is 8.25. The lowest BCUT2D eigenvalue weighted by Gasteiger charge is -2.07. The van der Waals surface area contributed by atoms with Gasteiger partial charge in [-0.05, 0) is 29.1 Å². The van der Waals surface area contributed by atoms with E-state index < -0.39 is 16.0 Å². The van der Waals surface area contributed by atoms with Gasteiger partial charge >= 0.3 is 5.97 Å². The first-order chi connectivity index (χ1) is 9.91. The molecule has 21 heavy (non-hydrogen) atoms. The lowest BCUT2D eigenvalue weighted by molar-refractivity contribution is 0.0697. The molecule has 0 saturated heterocycles. The molecule has 0 aliphatic heterocycles. The molecular formula is C13H10N2O4S2. The van der Waals surface area contributed by atoms with Gasteiger partial charge in [-0.2, -0.15) is 5.26 Å². The number of carboxylic acid groups (broad SMARTS) is 1. The maximum atomic E-state index is 12.0. The van der Waals surface area contributed by atoms with Gasteiger partial charge < -0.3 is 5.11 Å². The van der Waals surface area contributed by atoms with Gasteiger partial charge in [0.05, 0.1) is 16.9 Å². The second-order valence-corrected chi connectivity index (χ2v) is 6.78. The fraction of sp³-hybridized carbons (Fsp3) is 0.0769. The second-order valence-electron chi connectivity index (χ2n) is 4.14. The molecule has 8 heteroatoms. The van der Waals surface area contributed by atoms with Crippen molar-refractivity contribution in [2.75, 3.05) is 4.72 Å². The summed E-state index contributed by atoms with van der Waals surface area (Å²) in [5, 5.41) is 19.5. The van der Waals surface area contributed by atoms with Crippen LogP contribution in [-0.2, 0) is 15.8 Å². The van der Waals surface area contributed by atoms with Crippen molar-refractivity contribution in [3.63, 3.8) is 0 Å². The van der Waals surface area contributed by atoms with Crippen molar-refractivity contribution in [3.05, 3.63) is 52.4 Å². The van der Waals surface area contributed by atoms with Crippen LogP contribution in [0.25, 0.3) is 0 Å². The van der Waals surface area contributed by atoms with Crippen molar-refractivity contribution in [2.45, 2.75) is 5.75 Å². The molecule has 0 spiro atoms. The molecule has 0 atom stereocenters. The highest BCUT2D eigenvalue weighted by molar-refractivity contribution is 7.92. The number of nitrogens with one attached hydrogen (secondary N) is 1. The number of nitriles is 1. The molecule has 108 valence electrons. The minimum Gasteiger partial charge on any atom is -0.478 e. The average molecular weight is 322 g/mol. The summed E-state index contributed by atoms with van der Waals surface area (Å²) in [6, 6.07) is 9.02. The molecule has 2 rings (SSSR count). The zero-order valence-electron chi connectivity index (χ0n) is 10.6. The third-order valence-electron chi connectivity index (χ3n) is 2.59. The van der Waals surface area contributed by atoms with Crippen LogP contribution in [0.2, 0.25) is 0 Å². The van der Waals surface area contributed by atoms with Gasteiger partial charge in [0.25, 0.3) is 0 Å². The van der Waals surface area contributed by atoms with Gasteiger partial charge in [0.15, 0.2) is 0 Å². The van der Waals surface area contributed by atoms with Gasteiger partial charge in [0.2, 0.25) is 10.0 Å². The van der Waals surface area contributed by atoms with Crippen molar-refractivity contribution < 1.29 is 18.3 Å². The summed E-state index contributed by atoms with van der Waals surface area (Å²) in [5.74, 6) is -1.37. The predicted octanol–water partition coefficient (Wildman–Crippen LogP) is 2.26. The molecule has 1 aromatic carbocycles. The predicted molar refractivity (Wildman–Crippen MR) is 78.7 cm³/mol. The van der Waals surface area contributed by atoms with Crippen LogP contribution in [0, 0.1) is 11.3 Å². The molecule has 0 radical (unpaired) electrons. The van der Waals surface area contributed by atoms with Gasteiger partial charge in [0, 0.05) is 0 Å². The van der Waals surface area contributed by atoms with Crippen LogP contribution in [0.4, 0.5) is 5.00 Å². The largest absolute Gasteiger partial charge is 0.478 e. The quantitative estimate of drug-likeness (QED) is 0.878. The molecule has 0 aliphatic carbocycles. The van der Waals surface area contributed by atoms with E-state index in [1.165, 1.54) is 30.3 Å². The first kappa shape index (κ1) is 15.0. The van der Waals surface area contributed by atoms with Crippen LogP contribution >= 0.6 is 11.3 Å². The maximum absolute atomic E-state index is 12.0. The minimum absolute atomic E-state index is 0.0918. The van der Waals surface area contributed by atoms with Crippen LogP contribution in [0.3, 0.4) is 0 Å². The molecular weight excluding hydrogens is 312 g/mol. The van der Waals surface area contributed by atoms with E-state index in [2.05, 4.69) is 4.72 Å². The summed E-state index contributed by atoms with van der Waals surface area (Å²) in [6.07, 6.45) is 0. The Bertz CT molecular complexity index is 801. The number of hydrogen-bond donors (Lipinski definition) is 2. The third kappa shape index (κ3) is 3.81. The summed E-state index contributed by atoms with van der Waals surface area (Å²) in [6.45, 7) is 0. The molecule has 0 fully saturated rings. The van der Waals surface area contributed by atoms with E-state index in [1.807, 2.05) is 6.07 Å². The Morgan fingerprint density at radius 1 is 1.29 bits per heavy atom. The number of rotatable bonds is 5. The number of carbonyl (C=O) groups is 1. The molecule has 2 N–H and O–H groups in total. The molecule has 0 aliphatic rings. The van der Waals surface area contributed by atoms with E-state index >= 15 is 0 Å². The number of carboxylic acids is 1. The van der Waals surface area contributed by atoms with Crippen LogP contribution in [0.15, 0.2) is 35.7 Å². The number of benzene rings is 1. The Morgan fingerprint density at radius 2 is 1.95 bits per heavy atom. The minimum atomic E-state index is -3.66. The number of nitrogens with zero attached hydrogens (tertiary/aromatic N) is 1. The Balaban J connectivity index is 2.14. The number of anilines is 1. The van der Waals surface area contributed by atoms with E-state index in [0.717, 1.165) is 11.3 Å². The van der Waals surface area contributed by atoms with Gasteiger partial charge in [-0.15, -0.1) is 11.3 Å². The van der Waals surface area contributed by atoms with Gasteiger partial charge in [-0.25, -0.2) is 13.2 Å². The molecule has 0 bridgehead atoms. The monoisotopic (exact) mass is 322 g/mol. The number of hydrogen-bond acceptors (Lipinski definition) is 5. The lowest BCUT2D eigenvalue weighted by atomic mass is 10.1. The van der Waals surface area contributed by atoms with Crippen molar-refractivity contribution in [3.8, 4) is 6.07 Å². The Hall–Kier alpha value is -2.37.